The lowest BCUT2D eigenvalue weighted by Crippen LogP contribution is -2.39. The third-order valence-electron chi connectivity index (χ3n) is 3.68. The lowest BCUT2D eigenvalue weighted by molar-refractivity contribution is 0.0673. The molecule has 2 unspecified atom stereocenters. The van der Waals surface area contributed by atoms with Gasteiger partial charge in [-0.05, 0) is 44.4 Å². The zero-order valence-corrected chi connectivity index (χ0v) is 13.2. The van der Waals surface area contributed by atoms with Crippen LogP contribution in [0.4, 0.5) is 0 Å². The summed E-state index contributed by atoms with van der Waals surface area (Å²) in [6.07, 6.45) is 3.24. The second-order valence-electron chi connectivity index (χ2n) is 4.86. The summed E-state index contributed by atoms with van der Waals surface area (Å²) in [4.78, 5) is 15.4. The van der Waals surface area contributed by atoms with Crippen molar-refractivity contribution in [3.63, 3.8) is 0 Å². The third kappa shape index (κ3) is 2.59. The van der Waals surface area contributed by atoms with Gasteiger partial charge in [0.15, 0.2) is 0 Å². The number of carbonyl (C=O) groups is 1. The summed E-state index contributed by atoms with van der Waals surface area (Å²) in [5, 5.41) is 0. The Morgan fingerprint density at radius 1 is 1.50 bits per heavy atom. The van der Waals surface area contributed by atoms with Crippen molar-refractivity contribution in [2.45, 2.75) is 50.1 Å². The molecule has 0 N–H and O–H groups in total. The number of thiol groups is 1. The highest BCUT2D eigenvalue weighted by Crippen LogP contribution is 2.30. The molecule has 0 aromatic heterocycles. The summed E-state index contributed by atoms with van der Waals surface area (Å²) < 4.78 is 0.950. The summed E-state index contributed by atoms with van der Waals surface area (Å²) >= 11 is 7.80. The molecule has 1 aromatic rings. The quantitative estimate of drug-likeness (QED) is 0.809. The maximum absolute atomic E-state index is 12.6. The number of rotatable bonds is 2. The Bertz CT molecular complexity index is 463. The molecule has 4 heteroatoms. The number of halogens is 1. The van der Waals surface area contributed by atoms with Gasteiger partial charge < -0.3 is 4.90 Å². The van der Waals surface area contributed by atoms with E-state index in [1.807, 2.05) is 23.1 Å². The average Bonchev–Trinajstić information content (AvgIpc) is 2.69. The van der Waals surface area contributed by atoms with Gasteiger partial charge in [0.05, 0.1) is 5.56 Å². The molecule has 98 valence electrons. The smallest absolute Gasteiger partial charge is 0.255 e. The zero-order valence-electron chi connectivity index (χ0n) is 10.7. The number of nitrogens with zero attached hydrogens (tertiary/aromatic N) is 1. The molecule has 0 saturated carbocycles. The van der Waals surface area contributed by atoms with Crippen LogP contribution < -0.4 is 0 Å². The first-order chi connectivity index (χ1) is 8.54. The first-order valence-electron chi connectivity index (χ1n) is 6.35. The molecule has 1 aliphatic rings. The SMILES string of the molecule is CCC1CCC(C)N1C(=O)c1ccc(Br)cc1S. The van der Waals surface area contributed by atoms with Crippen molar-refractivity contribution in [2.75, 3.05) is 0 Å². The monoisotopic (exact) mass is 327 g/mol. The molecule has 2 rings (SSSR count). The predicted octanol–water partition coefficient (Wildman–Crippen LogP) is 4.14. The fraction of sp³-hybridized carbons (Fsp3) is 0.500. The van der Waals surface area contributed by atoms with Gasteiger partial charge in [-0.25, -0.2) is 0 Å². The van der Waals surface area contributed by atoms with E-state index >= 15 is 0 Å². The molecule has 2 nitrogen and oxygen atoms in total. The van der Waals surface area contributed by atoms with Crippen molar-refractivity contribution in [1.29, 1.82) is 0 Å². The molecule has 0 aliphatic carbocycles. The van der Waals surface area contributed by atoms with Crippen molar-refractivity contribution in [3.8, 4) is 0 Å². The maximum Gasteiger partial charge on any atom is 0.255 e. The molecule has 0 radical (unpaired) electrons. The van der Waals surface area contributed by atoms with Crippen LogP contribution in [0, 0.1) is 0 Å². The molecule has 1 amide bonds. The molecule has 1 aromatic carbocycles. The number of amides is 1. The molecule has 1 saturated heterocycles. The Balaban J connectivity index is 2.30. The van der Waals surface area contributed by atoms with E-state index in [2.05, 4.69) is 42.4 Å². The number of hydrogen-bond acceptors (Lipinski definition) is 2. The van der Waals surface area contributed by atoms with Crippen LogP contribution in [0.1, 0.15) is 43.5 Å². The van der Waals surface area contributed by atoms with Crippen molar-refractivity contribution >= 4 is 34.5 Å². The van der Waals surface area contributed by atoms with Crippen LogP contribution in [-0.2, 0) is 0 Å². The molecule has 0 spiro atoms. The summed E-state index contributed by atoms with van der Waals surface area (Å²) in [6, 6.07) is 6.34. The van der Waals surface area contributed by atoms with E-state index in [9.17, 15) is 4.79 Å². The lowest BCUT2D eigenvalue weighted by Gasteiger charge is -2.28. The van der Waals surface area contributed by atoms with Gasteiger partial charge in [-0.15, -0.1) is 12.6 Å². The largest absolute Gasteiger partial charge is 0.333 e. The Morgan fingerprint density at radius 2 is 2.22 bits per heavy atom. The number of hydrogen-bond donors (Lipinski definition) is 1. The van der Waals surface area contributed by atoms with Crippen LogP contribution >= 0.6 is 28.6 Å². The van der Waals surface area contributed by atoms with Gasteiger partial charge in [0.25, 0.3) is 5.91 Å². The first kappa shape index (κ1) is 13.9. The van der Waals surface area contributed by atoms with Crippen LogP contribution in [0.15, 0.2) is 27.6 Å². The number of likely N-dealkylation sites (tertiary alicyclic amines) is 1. The molecule has 0 bridgehead atoms. The molecule has 1 aliphatic heterocycles. The van der Waals surface area contributed by atoms with Crippen LogP contribution in [0.25, 0.3) is 0 Å². The zero-order chi connectivity index (χ0) is 13.3. The highest BCUT2D eigenvalue weighted by molar-refractivity contribution is 9.10. The van der Waals surface area contributed by atoms with Gasteiger partial charge in [-0.3, -0.25) is 4.79 Å². The fourth-order valence-electron chi connectivity index (χ4n) is 2.66. The maximum atomic E-state index is 12.6. The Kier molecular flexibility index (Phi) is 4.38. The van der Waals surface area contributed by atoms with E-state index in [4.69, 9.17) is 0 Å². The van der Waals surface area contributed by atoms with Gasteiger partial charge in [0.2, 0.25) is 0 Å². The summed E-state index contributed by atoms with van der Waals surface area (Å²) in [5.74, 6) is 0.115. The molecule has 2 atom stereocenters. The van der Waals surface area contributed by atoms with Gasteiger partial charge >= 0.3 is 0 Å². The van der Waals surface area contributed by atoms with E-state index in [-0.39, 0.29) is 5.91 Å². The number of benzene rings is 1. The minimum Gasteiger partial charge on any atom is -0.333 e. The topological polar surface area (TPSA) is 20.3 Å². The Morgan fingerprint density at radius 3 is 2.83 bits per heavy atom. The second-order valence-corrected chi connectivity index (χ2v) is 6.26. The second kappa shape index (κ2) is 5.66. The third-order valence-corrected chi connectivity index (χ3v) is 4.55. The van der Waals surface area contributed by atoms with Gasteiger partial charge in [0.1, 0.15) is 0 Å². The van der Waals surface area contributed by atoms with Gasteiger partial charge in [-0.2, -0.15) is 0 Å². The van der Waals surface area contributed by atoms with E-state index in [0.717, 1.165) is 28.6 Å². The average molecular weight is 328 g/mol. The molecular weight excluding hydrogens is 310 g/mol. The van der Waals surface area contributed by atoms with Crippen LogP contribution in [-0.4, -0.2) is 22.9 Å². The molecular formula is C14H18BrNOS. The summed E-state index contributed by atoms with van der Waals surface area (Å²) in [5.41, 5.74) is 0.703. The van der Waals surface area contributed by atoms with Crippen molar-refractivity contribution in [1.82, 2.24) is 4.90 Å². The van der Waals surface area contributed by atoms with E-state index in [1.165, 1.54) is 0 Å². The molecule has 1 fully saturated rings. The minimum absolute atomic E-state index is 0.115. The van der Waals surface area contributed by atoms with Crippen LogP contribution in [0.3, 0.4) is 0 Å². The van der Waals surface area contributed by atoms with Gasteiger partial charge in [-0.1, -0.05) is 22.9 Å². The minimum atomic E-state index is 0.115. The first-order valence-corrected chi connectivity index (χ1v) is 7.59. The number of carbonyl (C=O) groups excluding carboxylic acids is 1. The highest BCUT2D eigenvalue weighted by Gasteiger charge is 2.34. The lowest BCUT2D eigenvalue weighted by atomic mass is 10.1. The van der Waals surface area contributed by atoms with Crippen LogP contribution in [0.2, 0.25) is 0 Å². The summed E-state index contributed by atoms with van der Waals surface area (Å²) in [6.45, 7) is 4.27. The van der Waals surface area contributed by atoms with Gasteiger partial charge in [0, 0.05) is 21.5 Å². The van der Waals surface area contributed by atoms with Crippen molar-refractivity contribution < 1.29 is 4.79 Å². The van der Waals surface area contributed by atoms with E-state index in [0.29, 0.717) is 17.6 Å². The van der Waals surface area contributed by atoms with Crippen LogP contribution in [0.5, 0.6) is 0 Å². The highest BCUT2D eigenvalue weighted by atomic mass is 79.9. The Labute approximate surface area is 122 Å². The fourth-order valence-corrected chi connectivity index (χ4v) is 3.51. The van der Waals surface area contributed by atoms with E-state index < -0.39 is 0 Å². The van der Waals surface area contributed by atoms with E-state index in [1.54, 1.807) is 0 Å². The standard InChI is InChI=1S/C14H18BrNOS/c1-3-11-6-4-9(2)16(11)14(17)12-7-5-10(15)8-13(12)18/h5,7-9,11,18H,3-4,6H2,1-2H3. The molecule has 18 heavy (non-hydrogen) atoms. The molecule has 1 heterocycles. The summed E-state index contributed by atoms with van der Waals surface area (Å²) in [7, 11) is 0. The van der Waals surface area contributed by atoms with Crippen molar-refractivity contribution in [2.24, 2.45) is 0 Å². The normalized spacial score (nSPS) is 23.4. The predicted molar refractivity (Wildman–Crippen MR) is 80.3 cm³/mol. The van der Waals surface area contributed by atoms with Crippen molar-refractivity contribution in [3.05, 3.63) is 28.2 Å². The Hall–Kier alpha value is -0.480.